The van der Waals surface area contributed by atoms with Crippen LogP contribution in [0.15, 0.2) is 57.7 Å². The molecule has 154 valence electrons. The number of anilines is 3. The molecule has 4 aromatic rings. The van der Waals surface area contributed by atoms with Crippen LogP contribution in [0.2, 0.25) is 0 Å². The highest BCUT2D eigenvalue weighted by atomic mass is 16.4. The van der Waals surface area contributed by atoms with Gasteiger partial charge in [0.25, 0.3) is 5.56 Å². The van der Waals surface area contributed by atoms with Crippen LogP contribution in [0.5, 0.6) is 0 Å². The molecule has 0 atom stereocenters. The summed E-state index contributed by atoms with van der Waals surface area (Å²) in [6.07, 6.45) is 0. The number of nitrogens with one attached hydrogen (secondary N) is 2. The van der Waals surface area contributed by atoms with Crippen LogP contribution in [0.25, 0.3) is 5.69 Å². The first-order valence-electron chi connectivity index (χ1n) is 9.68. The van der Waals surface area contributed by atoms with Gasteiger partial charge in [-0.05, 0) is 44.5 Å². The molecule has 8 nitrogen and oxygen atoms in total. The van der Waals surface area contributed by atoms with E-state index in [1.54, 1.807) is 4.68 Å². The number of hydrogen-bond donors (Lipinski definition) is 2. The molecule has 30 heavy (non-hydrogen) atoms. The zero-order valence-corrected chi connectivity index (χ0v) is 17.4. The Labute approximate surface area is 174 Å². The van der Waals surface area contributed by atoms with Crippen molar-refractivity contribution in [2.24, 2.45) is 7.05 Å². The maximum Gasteiger partial charge on any atom is 0.320 e. The van der Waals surface area contributed by atoms with Crippen molar-refractivity contribution in [3.63, 3.8) is 0 Å². The molecule has 0 saturated carbocycles. The van der Waals surface area contributed by atoms with Crippen molar-refractivity contribution in [1.29, 1.82) is 0 Å². The topological polar surface area (TPSA) is 89.9 Å². The van der Waals surface area contributed by atoms with Gasteiger partial charge in [-0.15, -0.1) is 5.10 Å². The van der Waals surface area contributed by atoms with Gasteiger partial charge >= 0.3 is 6.01 Å². The first kappa shape index (κ1) is 19.5. The molecule has 0 radical (unpaired) electrons. The van der Waals surface area contributed by atoms with Crippen LogP contribution in [0.3, 0.4) is 0 Å². The minimum Gasteiger partial charge on any atom is -0.406 e. The van der Waals surface area contributed by atoms with Gasteiger partial charge in [-0.3, -0.25) is 9.48 Å². The van der Waals surface area contributed by atoms with Crippen LogP contribution < -0.4 is 16.2 Å². The minimum absolute atomic E-state index is 0.130. The predicted octanol–water partition coefficient (Wildman–Crippen LogP) is 3.84. The van der Waals surface area contributed by atoms with E-state index in [0.717, 1.165) is 22.6 Å². The van der Waals surface area contributed by atoms with Gasteiger partial charge in [-0.2, -0.15) is 0 Å². The van der Waals surface area contributed by atoms with Gasteiger partial charge in [-0.25, -0.2) is 4.68 Å². The summed E-state index contributed by atoms with van der Waals surface area (Å²) in [7, 11) is 1.85. The number of benzene rings is 2. The van der Waals surface area contributed by atoms with E-state index in [0.29, 0.717) is 17.6 Å². The van der Waals surface area contributed by atoms with Crippen molar-refractivity contribution >= 4 is 17.4 Å². The van der Waals surface area contributed by atoms with Crippen molar-refractivity contribution in [1.82, 2.24) is 19.6 Å². The number of para-hydroxylation sites is 1. The second kappa shape index (κ2) is 7.90. The number of aryl methyl sites for hydroxylation is 2. The summed E-state index contributed by atoms with van der Waals surface area (Å²) in [5.74, 6) is 0.385. The van der Waals surface area contributed by atoms with E-state index in [9.17, 15) is 4.79 Å². The summed E-state index contributed by atoms with van der Waals surface area (Å²) in [6, 6.07) is 15.9. The predicted molar refractivity (Wildman–Crippen MR) is 117 cm³/mol. The number of aromatic nitrogens is 4. The van der Waals surface area contributed by atoms with E-state index >= 15 is 0 Å². The largest absolute Gasteiger partial charge is 0.406 e. The van der Waals surface area contributed by atoms with Crippen molar-refractivity contribution < 1.29 is 4.42 Å². The fraction of sp³-hybridized carbons (Fsp3) is 0.227. The van der Waals surface area contributed by atoms with Gasteiger partial charge in [0.15, 0.2) is 0 Å². The average molecular weight is 404 g/mol. The van der Waals surface area contributed by atoms with Gasteiger partial charge in [0.05, 0.1) is 17.9 Å². The lowest BCUT2D eigenvalue weighted by molar-refractivity contribution is 0.517. The molecule has 0 aliphatic heterocycles. The second-order valence-corrected chi connectivity index (χ2v) is 7.23. The molecule has 0 amide bonds. The molecule has 2 heterocycles. The summed E-state index contributed by atoms with van der Waals surface area (Å²) in [5, 5.41) is 14.4. The van der Waals surface area contributed by atoms with Crippen LogP contribution >= 0.6 is 0 Å². The zero-order valence-electron chi connectivity index (χ0n) is 17.4. The third-order valence-electron chi connectivity index (χ3n) is 5.06. The van der Waals surface area contributed by atoms with Crippen molar-refractivity contribution in [3.05, 3.63) is 81.6 Å². The summed E-state index contributed by atoms with van der Waals surface area (Å²) < 4.78 is 9.13. The number of rotatable bonds is 6. The zero-order chi connectivity index (χ0) is 21.3. The highest BCUT2D eigenvalue weighted by Gasteiger charge is 2.17. The molecule has 0 unspecified atom stereocenters. The van der Waals surface area contributed by atoms with E-state index in [1.165, 1.54) is 5.56 Å². The molecule has 2 aromatic heterocycles. The van der Waals surface area contributed by atoms with E-state index in [2.05, 4.69) is 26.9 Å². The Balaban J connectivity index is 1.50. The van der Waals surface area contributed by atoms with Crippen LogP contribution in [-0.4, -0.2) is 19.6 Å². The third-order valence-corrected chi connectivity index (χ3v) is 5.06. The Hall–Kier alpha value is -3.81. The van der Waals surface area contributed by atoms with Crippen LogP contribution in [-0.2, 0) is 13.6 Å². The quantitative estimate of drug-likeness (QED) is 0.507. The lowest BCUT2D eigenvalue weighted by atomic mass is 10.1. The van der Waals surface area contributed by atoms with Crippen molar-refractivity contribution in [2.75, 3.05) is 10.6 Å². The van der Waals surface area contributed by atoms with E-state index in [1.807, 2.05) is 75.0 Å². The monoisotopic (exact) mass is 404 g/mol. The molecule has 8 heteroatoms. The molecule has 0 bridgehead atoms. The molecular formula is C22H24N6O2. The summed E-state index contributed by atoms with van der Waals surface area (Å²) in [4.78, 5) is 12.9. The van der Waals surface area contributed by atoms with Crippen molar-refractivity contribution in [2.45, 2.75) is 27.3 Å². The molecule has 0 saturated heterocycles. The lowest BCUT2D eigenvalue weighted by Crippen LogP contribution is -2.21. The Bertz CT molecular complexity index is 1240. The van der Waals surface area contributed by atoms with E-state index in [-0.39, 0.29) is 12.1 Å². The van der Waals surface area contributed by atoms with Gasteiger partial charge in [-0.1, -0.05) is 41.0 Å². The second-order valence-electron chi connectivity index (χ2n) is 7.23. The van der Waals surface area contributed by atoms with Gasteiger partial charge in [0, 0.05) is 12.7 Å². The smallest absolute Gasteiger partial charge is 0.320 e. The fourth-order valence-electron chi connectivity index (χ4n) is 3.38. The summed E-state index contributed by atoms with van der Waals surface area (Å²) >= 11 is 0. The van der Waals surface area contributed by atoms with Gasteiger partial charge in [0.2, 0.25) is 5.89 Å². The Kier molecular flexibility index (Phi) is 5.14. The minimum atomic E-state index is -0.130. The Morgan fingerprint density at radius 1 is 1.03 bits per heavy atom. The van der Waals surface area contributed by atoms with E-state index in [4.69, 9.17) is 4.42 Å². The lowest BCUT2D eigenvalue weighted by Gasteiger charge is -2.07. The normalized spacial score (nSPS) is 10.9. The molecule has 2 aromatic carbocycles. The van der Waals surface area contributed by atoms with Gasteiger partial charge < -0.3 is 15.1 Å². The highest BCUT2D eigenvalue weighted by molar-refractivity contribution is 5.58. The third kappa shape index (κ3) is 3.71. The summed E-state index contributed by atoms with van der Waals surface area (Å²) in [6.45, 7) is 6.20. The molecule has 0 aliphatic carbocycles. The first-order chi connectivity index (χ1) is 14.4. The fourth-order valence-corrected chi connectivity index (χ4v) is 3.38. The SMILES string of the molecule is Cc1ccc(Nc2nnc(CNc3c(C)n(C)n(-c4ccccc4)c3=O)o2)c(C)c1. The molecule has 0 fully saturated rings. The molecule has 2 N–H and O–H groups in total. The van der Waals surface area contributed by atoms with Crippen LogP contribution in [0.4, 0.5) is 17.4 Å². The Morgan fingerprint density at radius 3 is 2.53 bits per heavy atom. The number of hydrogen-bond acceptors (Lipinski definition) is 6. The highest BCUT2D eigenvalue weighted by Crippen LogP contribution is 2.21. The van der Waals surface area contributed by atoms with Crippen molar-refractivity contribution in [3.8, 4) is 5.69 Å². The van der Waals surface area contributed by atoms with Crippen LogP contribution in [0, 0.1) is 20.8 Å². The molecular weight excluding hydrogens is 380 g/mol. The van der Waals surface area contributed by atoms with E-state index < -0.39 is 0 Å². The Morgan fingerprint density at radius 2 is 1.80 bits per heavy atom. The maximum absolute atomic E-state index is 12.9. The molecule has 4 rings (SSSR count). The number of nitrogens with zero attached hydrogens (tertiary/aromatic N) is 4. The standard InChI is InChI=1S/C22H24N6O2/c1-14-10-11-18(15(2)12-14)24-22-26-25-19(30-22)13-23-20-16(3)27(4)28(21(20)29)17-8-6-5-7-9-17/h5-12,23H,13H2,1-4H3,(H,24,26). The summed E-state index contributed by atoms with van der Waals surface area (Å²) in [5.41, 5.74) is 5.18. The van der Waals surface area contributed by atoms with Gasteiger partial charge in [0.1, 0.15) is 5.69 Å². The maximum atomic E-state index is 12.9. The average Bonchev–Trinajstić information content (AvgIpc) is 3.26. The molecule has 0 aliphatic rings. The first-order valence-corrected chi connectivity index (χ1v) is 9.68. The van der Waals surface area contributed by atoms with Crippen LogP contribution in [0.1, 0.15) is 22.7 Å². The molecule has 0 spiro atoms.